The molecule has 0 bridgehead atoms. The fourth-order valence-corrected chi connectivity index (χ4v) is 1.86. The summed E-state index contributed by atoms with van der Waals surface area (Å²) in [6, 6.07) is 1.49. The van der Waals surface area contributed by atoms with Gasteiger partial charge in [0.05, 0.1) is 17.4 Å². The number of nitrogen functional groups attached to an aromatic ring is 1. The number of carboxylic acid groups (broad SMARTS) is 1. The molecule has 0 spiro atoms. The largest absolute Gasteiger partial charge is 0.478 e. The molecule has 0 aromatic carbocycles. The summed E-state index contributed by atoms with van der Waals surface area (Å²) in [5.41, 5.74) is 5.87. The maximum absolute atomic E-state index is 10.9. The van der Waals surface area contributed by atoms with Crippen molar-refractivity contribution in [1.29, 1.82) is 0 Å². The summed E-state index contributed by atoms with van der Waals surface area (Å²) >= 11 is 0. The SMILES string of the molecule is CC1(Nc2cc(C(=O)O)c(N)cn2)CCC1. The zero-order valence-electron chi connectivity index (χ0n) is 9.16. The van der Waals surface area contributed by atoms with E-state index in [1.807, 2.05) is 0 Å². The van der Waals surface area contributed by atoms with Crippen molar-refractivity contribution < 1.29 is 9.90 Å². The number of hydrogen-bond donors (Lipinski definition) is 3. The van der Waals surface area contributed by atoms with Gasteiger partial charge in [0.1, 0.15) is 5.82 Å². The highest BCUT2D eigenvalue weighted by Gasteiger charge is 2.31. The van der Waals surface area contributed by atoms with E-state index in [4.69, 9.17) is 10.8 Å². The number of aromatic carboxylic acids is 1. The monoisotopic (exact) mass is 221 g/mol. The number of nitrogens with two attached hydrogens (primary N) is 1. The van der Waals surface area contributed by atoms with Crippen LogP contribution in [0.1, 0.15) is 36.5 Å². The molecule has 5 heteroatoms. The molecule has 86 valence electrons. The van der Waals surface area contributed by atoms with Crippen molar-refractivity contribution in [3.8, 4) is 0 Å². The van der Waals surface area contributed by atoms with Gasteiger partial charge in [-0.3, -0.25) is 0 Å². The normalized spacial score (nSPS) is 17.6. The van der Waals surface area contributed by atoms with Crippen LogP contribution < -0.4 is 11.1 Å². The number of pyridine rings is 1. The molecule has 0 radical (unpaired) electrons. The maximum Gasteiger partial charge on any atom is 0.337 e. The van der Waals surface area contributed by atoms with E-state index in [1.165, 1.54) is 18.7 Å². The molecule has 0 amide bonds. The standard InChI is InChI=1S/C11H15N3O2/c1-11(3-2-4-11)14-9-5-7(10(15)16)8(12)6-13-9/h5-6H,2-4,12H2,1H3,(H,13,14)(H,15,16). The van der Waals surface area contributed by atoms with Crippen molar-refractivity contribution in [2.75, 3.05) is 11.1 Å². The summed E-state index contributed by atoms with van der Waals surface area (Å²) in [6.45, 7) is 2.11. The third-order valence-corrected chi connectivity index (χ3v) is 3.05. The minimum atomic E-state index is -1.03. The highest BCUT2D eigenvalue weighted by atomic mass is 16.4. The van der Waals surface area contributed by atoms with Gasteiger partial charge >= 0.3 is 5.97 Å². The van der Waals surface area contributed by atoms with Crippen LogP contribution in [0.3, 0.4) is 0 Å². The topological polar surface area (TPSA) is 88.2 Å². The predicted molar refractivity (Wildman–Crippen MR) is 61.5 cm³/mol. The average molecular weight is 221 g/mol. The lowest BCUT2D eigenvalue weighted by molar-refractivity contribution is 0.0698. The smallest absolute Gasteiger partial charge is 0.337 e. The summed E-state index contributed by atoms with van der Waals surface area (Å²) < 4.78 is 0. The Bertz CT molecular complexity index is 427. The Kier molecular flexibility index (Phi) is 2.46. The second-order valence-corrected chi connectivity index (χ2v) is 4.50. The van der Waals surface area contributed by atoms with E-state index < -0.39 is 5.97 Å². The molecule has 1 saturated carbocycles. The molecule has 4 N–H and O–H groups in total. The van der Waals surface area contributed by atoms with Crippen molar-refractivity contribution >= 4 is 17.5 Å². The highest BCUT2D eigenvalue weighted by Crippen LogP contribution is 2.34. The van der Waals surface area contributed by atoms with Crippen LogP contribution in [0.2, 0.25) is 0 Å². The van der Waals surface area contributed by atoms with E-state index in [1.54, 1.807) is 0 Å². The van der Waals surface area contributed by atoms with Gasteiger partial charge in [-0.1, -0.05) is 0 Å². The zero-order chi connectivity index (χ0) is 11.8. The minimum absolute atomic E-state index is 0.0545. The summed E-state index contributed by atoms with van der Waals surface area (Å²) in [5, 5.41) is 12.2. The third-order valence-electron chi connectivity index (χ3n) is 3.05. The van der Waals surface area contributed by atoms with Crippen molar-refractivity contribution in [2.45, 2.75) is 31.7 Å². The molecular formula is C11H15N3O2. The molecule has 0 unspecified atom stereocenters. The summed E-state index contributed by atoms with van der Waals surface area (Å²) in [7, 11) is 0. The number of anilines is 2. The molecule has 2 rings (SSSR count). The maximum atomic E-state index is 10.9. The van der Waals surface area contributed by atoms with Crippen LogP contribution >= 0.6 is 0 Å². The second-order valence-electron chi connectivity index (χ2n) is 4.50. The fraction of sp³-hybridized carbons (Fsp3) is 0.455. The molecule has 1 aliphatic rings. The van der Waals surface area contributed by atoms with Crippen molar-refractivity contribution in [1.82, 2.24) is 4.98 Å². The van der Waals surface area contributed by atoms with Gasteiger partial charge in [-0.15, -0.1) is 0 Å². The van der Waals surface area contributed by atoms with Crippen LogP contribution in [0.15, 0.2) is 12.3 Å². The molecule has 1 aromatic rings. The van der Waals surface area contributed by atoms with Crippen LogP contribution in [0, 0.1) is 0 Å². The third kappa shape index (κ3) is 1.93. The predicted octanol–water partition coefficient (Wildman–Crippen LogP) is 1.72. The molecule has 1 fully saturated rings. The lowest BCUT2D eigenvalue weighted by Gasteiger charge is -2.39. The first-order valence-electron chi connectivity index (χ1n) is 5.27. The van der Waals surface area contributed by atoms with Crippen LogP contribution in [-0.4, -0.2) is 21.6 Å². The number of carboxylic acids is 1. The number of hydrogen-bond acceptors (Lipinski definition) is 4. The molecular weight excluding hydrogens is 206 g/mol. The Morgan fingerprint density at radius 1 is 1.62 bits per heavy atom. The second kappa shape index (κ2) is 3.66. The van der Waals surface area contributed by atoms with Crippen LogP contribution in [0.25, 0.3) is 0 Å². The van der Waals surface area contributed by atoms with E-state index in [-0.39, 0.29) is 16.8 Å². The van der Waals surface area contributed by atoms with Gasteiger partial charge in [-0.25, -0.2) is 9.78 Å². The Morgan fingerprint density at radius 3 is 2.81 bits per heavy atom. The first kappa shape index (κ1) is 10.7. The molecule has 0 atom stereocenters. The van der Waals surface area contributed by atoms with Crippen LogP contribution in [0.4, 0.5) is 11.5 Å². The highest BCUT2D eigenvalue weighted by molar-refractivity contribution is 5.94. The number of nitrogens with one attached hydrogen (secondary N) is 1. The van der Waals surface area contributed by atoms with Crippen molar-refractivity contribution in [2.24, 2.45) is 0 Å². The van der Waals surface area contributed by atoms with E-state index >= 15 is 0 Å². The van der Waals surface area contributed by atoms with Crippen LogP contribution in [0.5, 0.6) is 0 Å². The Balaban J connectivity index is 2.22. The van der Waals surface area contributed by atoms with Crippen molar-refractivity contribution in [3.05, 3.63) is 17.8 Å². The summed E-state index contributed by atoms with van der Waals surface area (Å²) in [5.74, 6) is -0.449. The molecule has 1 heterocycles. The summed E-state index contributed by atoms with van der Waals surface area (Å²) in [4.78, 5) is 15.0. The van der Waals surface area contributed by atoms with Crippen LogP contribution in [-0.2, 0) is 0 Å². The number of carbonyl (C=O) groups is 1. The zero-order valence-corrected chi connectivity index (χ0v) is 9.16. The molecule has 16 heavy (non-hydrogen) atoms. The lowest BCUT2D eigenvalue weighted by Crippen LogP contribution is -2.41. The number of nitrogens with zero attached hydrogens (tertiary/aromatic N) is 1. The van der Waals surface area contributed by atoms with Gasteiger partial charge in [-0.05, 0) is 32.3 Å². The van der Waals surface area contributed by atoms with E-state index in [9.17, 15) is 4.79 Å². The first-order chi connectivity index (χ1) is 7.50. The van der Waals surface area contributed by atoms with Gasteiger partial charge < -0.3 is 16.2 Å². The van der Waals surface area contributed by atoms with Gasteiger partial charge in [-0.2, -0.15) is 0 Å². The molecule has 0 saturated heterocycles. The van der Waals surface area contributed by atoms with Gasteiger partial charge in [0.2, 0.25) is 0 Å². The van der Waals surface area contributed by atoms with E-state index in [2.05, 4.69) is 17.2 Å². The Labute approximate surface area is 93.7 Å². The number of rotatable bonds is 3. The van der Waals surface area contributed by atoms with Gasteiger partial charge in [0, 0.05) is 5.54 Å². The molecule has 1 aliphatic carbocycles. The van der Waals surface area contributed by atoms with Gasteiger partial charge in [0.25, 0.3) is 0 Å². The molecule has 5 nitrogen and oxygen atoms in total. The lowest BCUT2D eigenvalue weighted by atomic mass is 9.78. The quantitative estimate of drug-likeness (QED) is 0.723. The minimum Gasteiger partial charge on any atom is -0.478 e. The van der Waals surface area contributed by atoms with E-state index in [0.29, 0.717) is 5.82 Å². The fourth-order valence-electron chi connectivity index (χ4n) is 1.86. The van der Waals surface area contributed by atoms with Crippen molar-refractivity contribution in [3.63, 3.8) is 0 Å². The Morgan fingerprint density at radius 2 is 2.31 bits per heavy atom. The average Bonchev–Trinajstić information content (AvgIpc) is 2.18. The first-order valence-corrected chi connectivity index (χ1v) is 5.27. The molecule has 0 aliphatic heterocycles. The Hall–Kier alpha value is -1.78. The van der Waals surface area contributed by atoms with E-state index in [0.717, 1.165) is 12.8 Å². The van der Waals surface area contributed by atoms with Gasteiger partial charge in [0.15, 0.2) is 0 Å². The summed E-state index contributed by atoms with van der Waals surface area (Å²) in [6.07, 6.45) is 4.75. The number of aromatic nitrogens is 1. The molecule has 1 aromatic heterocycles.